The number of rotatable bonds is 3. The Hall–Kier alpha value is -2.70. The maximum absolute atomic E-state index is 11.6. The van der Waals surface area contributed by atoms with Crippen LogP contribution in [-0.2, 0) is 0 Å². The van der Waals surface area contributed by atoms with Crippen LogP contribution in [-0.4, -0.2) is 32.2 Å². The molecule has 0 saturated heterocycles. The van der Waals surface area contributed by atoms with Crippen LogP contribution in [0, 0.1) is 0 Å². The zero-order chi connectivity index (χ0) is 12.3. The molecule has 2 heterocycles. The number of aromatic carboxylic acids is 1. The van der Waals surface area contributed by atoms with Crippen LogP contribution in [0.2, 0.25) is 0 Å². The van der Waals surface area contributed by atoms with E-state index in [1.807, 2.05) is 0 Å². The molecule has 7 heteroatoms. The lowest BCUT2D eigenvalue weighted by atomic mass is 10.3. The number of carboxylic acids is 1. The van der Waals surface area contributed by atoms with Crippen LogP contribution in [0.25, 0.3) is 0 Å². The number of carboxylic acid groups (broad SMARTS) is 1. The van der Waals surface area contributed by atoms with Gasteiger partial charge in [-0.1, -0.05) is 0 Å². The Labute approximate surface area is 95.5 Å². The first-order chi connectivity index (χ1) is 8.16. The van der Waals surface area contributed by atoms with Gasteiger partial charge in [0.15, 0.2) is 0 Å². The molecule has 1 amide bonds. The molecule has 0 aliphatic heterocycles. The van der Waals surface area contributed by atoms with Crippen molar-refractivity contribution in [3.8, 4) is 0 Å². The molecule has 0 aromatic carbocycles. The van der Waals surface area contributed by atoms with E-state index in [1.54, 1.807) is 0 Å². The van der Waals surface area contributed by atoms with Crippen LogP contribution in [0.3, 0.4) is 0 Å². The van der Waals surface area contributed by atoms with Gasteiger partial charge in [0.25, 0.3) is 5.91 Å². The molecule has 0 radical (unpaired) electrons. The van der Waals surface area contributed by atoms with Crippen LogP contribution in [0.15, 0.2) is 30.7 Å². The van der Waals surface area contributed by atoms with Crippen LogP contribution in [0.4, 0.5) is 5.82 Å². The Morgan fingerprint density at radius 1 is 1.24 bits per heavy atom. The minimum Gasteiger partial charge on any atom is -0.478 e. The molecule has 2 aromatic heterocycles. The van der Waals surface area contributed by atoms with E-state index in [-0.39, 0.29) is 17.3 Å². The van der Waals surface area contributed by atoms with Crippen LogP contribution < -0.4 is 5.32 Å². The Morgan fingerprint density at radius 3 is 2.59 bits per heavy atom. The number of carbonyl (C=O) groups excluding carboxylic acids is 1. The van der Waals surface area contributed by atoms with E-state index >= 15 is 0 Å². The summed E-state index contributed by atoms with van der Waals surface area (Å²) < 4.78 is 0. The van der Waals surface area contributed by atoms with Crippen molar-refractivity contribution in [1.82, 2.24) is 15.2 Å². The van der Waals surface area contributed by atoms with E-state index in [9.17, 15) is 9.59 Å². The van der Waals surface area contributed by atoms with E-state index in [1.165, 1.54) is 30.7 Å². The van der Waals surface area contributed by atoms with Crippen LogP contribution in [0.1, 0.15) is 20.7 Å². The predicted octanol–water partition coefficient (Wildman–Crippen LogP) is 0.755. The fourth-order valence-electron chi connectivity index (χ4n) is 1.16. The molecule has 2 rings (SSSR count). The quantitative estimate of drug-likeness (QED) is 0.723. The fourth-order valence-corrected chi connectivity index (χ4v) is 1.16. The highest BCUT2D eigenvalue weighted by atomic mass is 16.4. The first kappa shape index (κ1) is 10.8. The Balaban J connectivity index is 2.09. The minimum absolute atomic E-state index is 0.0614. The minimum atomic E-state index is -1.06. The average Bonchev–Trinajstić information content (AvgIpc) is 2.83. The van der Waals surface area contributed by atoms with Crippen molar-refractivity contribution in [3.05, 3.63) is 41.9 Å². The molecular formula is C10H8N4O3. The SMILES string of the molecule is O=C(O)c1ccc(NC(=O)c2cn[nH]c2)nc1. The maximum Gasteiger partial charge on any atom is 0.337 e. The molecule has 0 atom stereocenters. The molecular weight excluding hydrogens is 224 g/mol. The van der Waals surface area contributed by atoms with Crippen molar-refractivity contribution >= 4 is 17.7 Å². The highest BCUT2D eigenvalue weighted by Gasteiger charge is 2.08. The number of nitrogens with one attached hydrogen (secondary N) is 2. The van der Waals surface area contributed by atoms with E-state index in [2.05, 4.69) is 20.5 Å². The van der Waals surface area contributed by atoms with Gasteiger partial charge in [-0.3, -0.25) is 9.89 Å². The number of anilines is 1. The van der Waals surface area contributed by atoms with Crippen molar-refractivity contribution in [2.24, 2.45) is 0 Å². The summed E-state index contributed by atoms with van der Waals surface area (Å²) in [7, 11) is 0. The first-order valence-electron chi connectivity index (χ1n) is 4.66. The number of aromatic amines is 1. The third-order valence-electron chi connectivity index (χ3n) is 2.01. The molecule has 2 aromatic rings. The third kappa shape index (κ3) is 2.46. The largest absolute Gasteiger partial charge is 0.478 e. The van der Waals surface area contributed by atoms with Crippen molar-refractivity contribution in [1.29, 1.82) is 0 Å². The highest BCUT2D eigenvalue weighted by Crippen LogP contribution is 2.07. The van der Waals surface area contributed by atoms with Crippen molar-refractivity contribution < 1.29 is 14.7 Å². The Kier molecular flexibility index (Phi) is 2.82. The van der Waals surface area contributed by atoms with Gasteiger partial charge < -0.3 is 10.4 Å². The number of aromatic nitrogens is 3. The first-order valence-corrected chi connectivity index (χ1v) is 4.66. The van der Waals surface area contributed by atoms with E-state index in [0.717, 1.165) is 0 Å². The summed E-state index contributed by atoms with van der Waals surface area (Å²) in [5.74, 6) is -1.15. The Bertz CT molecular complexity index is 533. The summed E-state index contributed by atoms with van der Waals surface area (Å²) in [4.78, 5) is 26.0. The second-order valence-corrected chi connectivity index (χ2v) is 3.18. The lowest BCUT2D eigenvalue weighted by molar-refractivity contribution is 0.0696. The van der Waals surface area contributed by atoms with Crippen LogP contribution >= 0.6 is 0 Å². The molecule has 0 aliphatic carbocycles. The van der Waals surface area contributed by atoms with E-state index in [0.29, 0.717) is 5.56 Å². The average molecular weight is 232 g/mol. The number of H-pyrrole nitrogens is 1. The Morgan fingerprint density at radius 2 is 2.06 bits per heavy atom. The van der Waals surface area contributed by atoms with Crippen LogP contribution in [0.5, 0.6) is 0 Å². The van der Waals surface area contributed by atoms with Gasteiger partial charge in [0, 0.05) is 12.4 Å². The number of carbonyl (C=O) groups is 2. The summed E-state index contributed by atoms with van der Waals surface area (Å²) in [5.41, 5.74) is 0.431. The van der Waals surface area contributed by atoms with Crippen molar-refractivity contribution in [2.75, 3.05) is 5.32 Å². The molecule has 3 N–H and O–H groups in total. The van der Waals surface area contributed by atoms with Crippen molar-refractivity contribution in [2.45, 2.75) is 0 Å². The second-order valence-electron chi connectivity index (χ2n) is 3.18. The van der Waals surface area contributed by atoms with Gasteiger partial charge in [-0.15, -0.1) is 0 Å². The maximum atomic E-state index is 11.6. The van der Waals surface area contributed by atoms with Gasteiger partial charge in [-0.25, -0.2) is 9.78 Å². The number of hydrogen-bond acceptors (Lipinski definition) is 4. The molecule has 17 heavy (non-hydrogen) atoms. The summed E-state index contributed by atoms with van der Waals surface area (Å²) in [5, 5.41) is 17.3. The molecule has 86 valence electrons. The molecule has 0 fully saturated rings. The summed E-state index contributed by atoms with van der Waals surface area (Å²) >= 11 is 0. The standard InChI is InChI=1S/C10H8N4O3/c15-9(7-4-12-13-5-7)14-8-2-1-6(3-11-8)10(16)17/h1-5H,(H,12,13)(H,16,17)(H,11,14,15). The number of amides is 1. The smallest absolute Gasteiger partial charge is 0.337 e. The van der Waals surface area contributed by atoms with Gasteiger partial charge in [0.2, 0.25) is 0 Å². The van der Waals surface area contributed by atoms with Gasteiger partial charge in [0.05, 0.1) is 17.3 Å². The normalized spacial score (nSPS) is 9.88. The lowest BCUT2D eigenvalue weighted by Crippen LogP contribution is -2.12. The fraction of sp³-hybridized carbons (Fsp3) is 0. The van der Waals surface area contributed by atoms with Gasteiger partial charge in [-0.2, -0.15) is 5.10 Å². The third-order valence-corrected chi connectivity index (χ3v) is 2.01. The molecule has 0 bridgehead atoms. The number of hydrogen-bond donors (Lipinski definition) is 3. The van der Waals surface area contributed by atoms with E-state index in [4.69, 9.17) is 5.11 Å². The van der Waals surface area contributed by atoms with Gasteiger partial charge >= 0.3 is 5.97 Å². The molecule has 7 nitrogen and oxygen atoms in total. The summed E-state index contributed by atoms with van der Waals surface area (Å²) in [6, 6.07) is 2.78. The zero-order valence-electron chi connectivity index (χ0n) is 8.54. The molecule has 0 aliphatic rings. The van der Waals surface area contributed by atoms with Gasteiger partial charge in [-0.05, 0) is 12.1 Å². The second kappa shape index (κ2) is 4.44. The molecule has 0 saturated carbocycles. The zero-order valence-corrected chi connectivity index (χ0v) is 8.54. The predicted molar refractivity (Wildman–Crippen MR) is 57.7 cm³/mol. The number of nitrogens with zero attached hydrogens (tertiary/aromatic N) is 2. The monoisotopic (exact) mass is 232 g/mol. The molecule has 0 spiro atoms. The highest BCUT2D eigenvalue weighted by molar-refractivity contribution is 6.03. The van der Waals surface area contributed by atoms with Crippen molar-refractivity contribution in [3.63, 3.8) is 0 Å². The molecule has 0 unspecified atom stereocenters. The van der Waals surface area contributed by atoms with E-state index < -0.39 is 5.97 Å². The summed E-state index contributed by atoms with van der Waals surface area (Å²) in [6.45, 7) is 0. The summed E-state index contributed by atoms with van der Waals surface area (Å²) in [6.07, 6.45) is 4.00. The lowest BCUT2D eigenvalue weighted by Gasteiger charge is -2.02. The van der Waals surface area contributed by atoms with Gasteiger partial charge in [0.1, 0.15) is 5.82 Å². The topological polar surface area (TPSA) is 108 Å². The number of pyridine rings is 1.